The van der Waals surface area contributed by atoms with Gasteiger partial charge in [0.2, 0.25) is 0 Å². The van der Waals surface area contributed by atoms with Crippen molar-refractivity contribution in [2.75, 3.05) is 44.5 Å². The van der Waals surface area contributed by atoms with Crippen LogP contribution in [-0.4, -0.2) is 67.9 Å². The van der Waals surface area contributed by atoms with E-state index in [0.29, 0.717) is 19.4 Å². The van der Waals surface area contributed by atoms with Gasteiger partial charge in [-0.1, -0.05) is 0 Å². The van der Waals surface area contributed by atoms with Crippen LogP contribution in [-0.2, 0) is 14.2 Å². The van der Waals surface area contributed by atoms with E-state index in [4.69, 9.17) is 14.2 Å². The number of hydrogen-bond donors (Lipinski definition) is 1. The smallest absolute Gasteiger partial charge is 0.407 e. The number of alkyl carbamates (subject to hydrolysis) is 1. The van der Waals surface area contributed by atoms with Crippen molar-refractivity contribution in [3.8, 4) is 0 Å². The Balaban J connectivity index is 2.36. The SMILES string of the molecule is CC(C)(C)OC(=O)NC(COCOCCS(C)(C)C)CC1(F)CCC1. The summed E-state index contributed by atoms with van der Waals surface area (Å²) < 4.78 is 30.7. The van der Waals surface area contributed by atoms with E-state index in [1.54, 1.807) is 20.8 Å². The molecular weight excluding hydrogens is 345 g/mol. The van der Waals surface area contributed by atoms with Crippen molar-refractivity contribution in [1.29, 1.82) is 0 Å². The van der Waals surface area contributed by atoms with Crippen molar-refractivity contribution in [1.82, 2.24) is 5.32 Å². The molecule has 0 radical (unpaired) electrons. The Morgan fingerprint density at radius 3 is 2.36 bits per heavy atom. The predicted molar refractivity (Wildman–Crippen MR) is 102 cm³/mol. The number of hydrogen-bond acceptors (Lipinski definition) is 4. The second-order valence-corrected chi connectivity index (χ2v) is 13.3. The van der Waals surface area contributed by atoms with E-state index in [0.717, 1.165) is 12.2 Å². The van der Waals surface area contributed by atoms with E-state index < -0.39 is 33.4 Å². The minimum Gasteiger partial charge on any atom is -0.444 e. The summed E-state index contributed by atoms with van der Waals surface area (Å²) >= 11 is 0. The molecule has 0 bridgehead atoms. The quantitative estimate of drug-likeness (QED) is 0.461. The van der Waals surface area contributed by atoms with Crippen molar-refractivity contribution in [3.05, 3.63) is 0 Å². The monoisotopic (exact) mass is 381 g/mol. The van der Waals surface area contributed by atoms with Gasteiger partial charge >= 0.3 is 6.09 Å². The van der Waals surface area contributed by atoms with E-state index in [2.05, 4.69) is 24.1 Å². The number of halogens is 1. The molecule has 1 rings (SSSR count). The fraction of sp³-hybridized carbons (Fsp3) is 0.944. The molecule has 0 aromatic carbocycles. The van der Waals surface area contributed by atoms with Crippen LogP contribution in [0.1, 0.15) is 46.5 Å². The molecule has 150 valence electrons. The molecule has 1 fully saturated rings. The Kier molecular flexibility index (Phi) is 8.48. The van der Waals surface area contributed by atoms with Crippen molar-refractivity contribution in [2.24, 2.45) is 0 Å². The van der Waals surface area contributed by atoms with Crippen molar-refractivity contribution in [3.63, 3.8) is 0 Å². The first-order chi connectivity index (χ1) is 11.4. The molecular formula is C18H36FNO4S. The van der Waals surface area contributed by atoms with Crippen LogP contribution in [0.3, 0.4) is 0 Å². The Hall–Kier alpha value is -0.530. The van der Waals surface area contributed by atoms with Gasteiger partial charge in [0.1, 0.15) is 18.1 Å². The van der Waals surface area contributed by atoms with Crippen LogP contribution in [0.5, 0.6) is 0 Å². The summed E-state index contributed by atoms with van der Waals surface area (Å²) in [4.78, 5) is 12.0. The summed E-state index contributed by atoms with van der Waals surface area (Å²) in [5.41, 5.74) is -1.78. The van der Waals surface area contributed by atoms with Crippen molar-refractivity contribution >= 4 is 16.1 Å². The molecule has 1 aliphatic rings. The minimum atomic E-state index is -1.19. The molecule has 0 heterocycles. The number of rotatable bonds is 10. The molecule has 1 aliphatic carbocycles. The van der Waals surface area contributed by atoms with Crippen LogP contribution >= 0.6 is 10.0 Å². The summed E-state index contributed by atoms with van der Waals surface area (Å²) in [5, 5.41) is 2.74. The number of nitrogens with one attached hydrogen (secondary N) is 1. The van der Waals surface area contributed by atoms with Crippen LogP contribution < -0.4 is 5.32 Å². The van der Waals surface area contributed by atoms with Crippen LogP contribution in [0, 0.1) is 0 Å². The van der Waals surface area contributed by atoms with Gasteiger partial charge in [0.05, 0.1) is 19.3 Å². The Morgan fingerprint density at radius 1 is 1.24 bits per heavy atom. The van der Waals surface area contributed by atoms with Crippen LogP contribution in [0.15, 0.2) is 0 Å². The van der Waals surface area contributed by atoms with E-state index in [1.165, 1.54) is 0 Å². The third kappa shape index (κ3) is 10.9. The molecule has 1 amide bonds. The second kappa shape index (κ2) is 9.42. The molecule has 0 aliphatic heterocycles. The first-order valence-electron chi connectivity index (χ1n) is 8.89. The molecule has 0 aromatic rings. The van der Waals surface area contributed by atoms with Crippen molar-refractivity contribution < 1.29 is 23.4 Å². The van der Waals surface area contributed by atoms with E-state index >= 15 is 0 Å². The van der Waals surface area contributed by atoms with Gasteiger partial charge in [0, 0.05) is 12.2 Å². The molecule has 1 atom stereocenters. The first kappa shape index (κ1) is 22.5. The molecule has 0 aromatic heterocycles. The van der Waals surface area contributed by atoms with E-state index in [9.17, 15) is 9.18 Å². The van der Waals surface area contributed by atoms with Gasteiger partial charge < -0.3 is 19.5 Å². The Bertz CT molecular complexity index is 416. The van der Waals surface area contributed by atoms with Crippen LogP contribution in [0.4, 0.5) is 9.18 Å². The summed E-state index contributed by atoms with van der Waals surface area (Å²) in [6.07, 6.45) is 8.40. The topological polar surface area (TPSA) is 56.8 Å². The molecule has 25 heavy (non-hydrogen) atoms. The van der Waals surface area contributed by atoms with Gasteiger partial charge in [-0.2, -0.15) is 0 Å². The lowest BCUT2D eigenvalue weighted by atomic mass is 9.78. The normalized spacial score (nSPS) is 19.0. The highest BCUT2D eigenvalue weighted by Crippen LogP contribution is 2.39. The number of amides is 1. The van der Waals surface area contributed by atoms with Gasteiger partial charge in [-0.15, -0.1) is 0 Å². The maximum atomic E-state index is 14.4. The molecule has 1 N–H and O–H groups in total. The number of alkyl halides is 1. The van der Waals surface area contributed by atoms with Gasteiger partial charge in [-0.3, -0.25) is 0 Å². The average Bonchev–Trinajstić information content (AvgIpc) is 2.37. The fourth-order valence-corrected chi connectivity index (χ4v) is 3.07. The molecule has 1 unspecified atom stereocenters. The lowest BCUT2D eigenvalue weighted by Crippen LogP contribution is -2.47. The Morgan fingerprint density at radius 2 is 1.88 bits per heavy atom. The predicted octanol–water partition coefficient (Wildman–Crippen LogP) is 3.85. The van der Waals surface area contributed by atoms with Gasteiger partial charge in [-0.25, -0.2) is 19.2 Å². The Labute approximate surface area is 153 Å². The largest absolute Gasteiger partial charge is 0.444 e. The van der Waals surface area contributed by atoms with Crippen LogP contribution in [0.2, 0.25) is 0 Å². The molecule has 0 saturated heterocycles. The lowest BCUT2D eigenvalue weighted by molar-refractivity contribution is -0.0632. The standard InChI is InChI=1S/C18H36FNO4S/c1-17(2,3)24-16(21)20-15(12-18(19)8-7-9-18)13-23-14-22-10-11-25(4,5)6/h15H,7-14H2,1-6H3,(H,20,21). The summed E-state index contributed by atoms with van der Waals surface area (Å²) in [7, 11) is -0.584. The summed E-state index contributed by atoms with van der Waals surface area (Å²) in [6.45, 7) is 6.41. The summed E-state index contributed by atoms with van der Waals surface area (Å²) in [5.74, 6) is 1.02. The average molecular weight is 382 g/mol. The maximum Gasteiger partial charge on any atom is 0.407 e. The zero-order chi connectivity index (χ0) is 19.1. The minimum absolute atomic E-state index is 0.154. The maximum absolute atomic E-state index is 14.4. The second-order valence-electron chi connectivity index (χ2n) is 8.74. The summed E-state index contributed by atoms with van der Waals surface area (Å²) in [6, 6.07) is -0.419. The highest BCUT2D eigenvalue weighted by atomic mass is 32.3. The first-order valence-corrected chi connectivity index (χ1v) is 11.9. The molecule has 1 saturated carbocycles. The fourth-order valence-electron chi connectivity index (χ4n) is 2.45. The number of carbonyl (C=O) groups excluding carboxylic acids is 1. The zero-order valence-electron chi connectivity index (χ0n) is 16.7. The lowest BCUT2D eigenvalue weighted by Gasteiger charge is -2.37. The van der Waals surface area contributed by atoms with Crippen molar-refractivity contribution in [2.45, 2.75) is 63.8 Å². The highest BCUT2D eigenvalue weighted by molar-refractivity contribution is 8.32. The van der Waals surface area contributed by atoms with Crippen LogP contribution in [0.25, 0.3) is 0 Å². The van der Waals surface area contributed by atoms with Gasteiger partial charge in [0.25, 0.3) is 0 Å². The van der Waals surface area contributed by atoms with Gasteiger partial charge in [0.15, 0.2) is 0 Å². The highest BCUT2D eigenvalue weighted by Gasteiger charge is 2.39. The van der Waals surface area contributed by atoms with E-state index in [-0.39, 0.29) is 19.8 Å². The zero-order valence-corrected chi connectivity index (χ0v) is 17.5. The molecule has 0 spiro atoms. The third-order valence-electron chi connectivity index (χ3n) is 3.91. The number of ether oxygens (including phenoxy) is 3. The molecule has 7 heteroatoms. The van der Waals surface area contributed by atoms with E-state index in [1.807, 2.05) is 0 Å². The van der Waals surface area contributed by atoms with Gasteiger partial charge in [-0.05, 0) is 58.8 Å². The number of carbonyl (C=O) groups is 1. The molecule has 5 nitrogen and oxygen atoms in total. The third-order valence-corrected chi connectivity index (χ3v) is 5.30.